The first-order valence-corrected chi connectivity index (χ1v) is 7.62. The average Bonchev–Trinajstić information content (AvgIpc) is 3.42. The van der Waals surface area contributed by atoms with Gasteiger partial charge < -0.3 is 14.2 Å². The molecule has 1 aliphatic rings. The Kier molecular flexibility index (Phi) is 5.00. The van der Waals surface area contributed by atoms with Crippen LogP contribution < -0.4 is 9.47 Å². The number of carbonyl (C=O) groups excluding carboxylic acids is 1. The molecular weight excluding hydrogens is 368 g/mol. The van der Waals surface area contributed by atoms with Crippen LogP contribution >= 0.6 is 0 Å². The molecule has 2 aromatic rings. The summed E-state index contributed by atoms with van der Waals surface area (Å²) in [6.45, 7) is 6.60. The maximum absolute atomic E-state index is 14.4. The first-order chi connectivity index (χ1) is 12.9. The van der Waals surface area contributed by atoms with E-state index < -0.39 is 64.3 Å². The fourth-order valence-electron chi connectivity index (χ4n) is 2.30. The van der Waals surface area contributed by atoms with Crippen LogP contribution in [0.3, 0.4) is 0 Å². The molecule has 0 bridgehead atoms. The first-order valence-electron chi connectivity index (χ1n) is 7.62. The van der Waals surface area contributed by atoms with E-state index in [0.29, 0.717) is 0 Å². The molecule has 0 aliphatic carbocycles. The van der Waals surface area contributed by atoms with Crippen molar-refractivity contribution in [3.05, 3.63) is 72.8 Å². The van der Waals surface area contributed by atoms with E-state index in [1.807, 2.05) is 0 Å². The zero-order valence-electron chi connectivity index (χ0n) is 13.7. The Bertz CT molecular complexity index is 942. The number of halogens is 4. The van der Waals surface area contributed by atoms with Crippen LogP contribution in [0, 0.1) is 23.3 Å². The van der Waals surface area contributed by atoms with Crippen molar-refractivity contribution in [2.45, 2.75) is 12.4 Å². The van der Waals surface area contributed by atoms with Gasteiger partial charge in [0.2, 0.25) is 17.9 Å². The summed E-state index contributed by atoms with van der Waals surface area (Å²) < 4.78 is 71.6. The van der Waals surface area contributed by atoms with Gasteiger partial charge in [-0.25, -0.2) is 13.6 Å². The van der Waals surface area contributed by atoms with E-state index in [1.54, 1.807) is 0 Å². The largest absolute Gasteiger partial charge is 0.459 e. The van der Waals surface area contributed by atoms with Crippen molar-refractivity contribution < 1.29 is 36.6 Å². The van der Waals surface area contributed by atoms with Crippen LogP contribution in [-0.4, -0.2) is 18.4 Å². The fraction of sp³-hybridized carbons (Fsp3) is 0.105. The van der Waals surface area contributed by atoms with E-state index in [0.717, 1.165) is 30.3 Å². The summed E-state index contributed by atoms with van der Waals surface area (Å²) in [4.78, 5) is 11.1. The predicted octanol–water partition coefficient (Wildman–Crippen LogP) is 4.29. The molecule has 0 amide bonds. The molecule has 8 heteroatoms. The molecule has 3 rings (SSSR count). The lowest BCUT2D eigenvalue weighted by Gasteiger charge is -2.11. The summed E-state index contributed by atoms with van der Waals surface area (Å²) in [6.07, 6.45) is 0.992. The minimum absolute atomic E-state index is 0.426. The highest BCUT2D eigenvalue weighted by Gasteiger charge is 2.39. The van der Waals surface area contributed by atoms with Crippen molar-refractivity contribution in [1.82, 2.24) is 0 Å². The van der Waals surface area contributed by atoms with Gasteiger partial charge >= 0.3 is 5.97 Å². The van der Waals surface area contributed by atoms with Gasteiger partial charge in [0.05, 0.1) is 0 Å². The number of carbonyl (C=O) groups is 1. The number of esters is 1. The highest BCUT2D eigenvalue weighted by Crippen LogP contribution is 2.36. The molecule has 0 saturated carbocycles. The molecule has 140 valence electrons. The maximum Gasteiger partial charge on any atom is 0.335 e. The molecule has 0 N–H and O–H groups in total. The third-order valence-electron chi connectivity index (χ3n) is 3.72. The van der Waals surface area contributed by atoms with E-state index in [9.17, 15) is 22.4 Å². The fourth-order valence-corrected chi connectivity index (χ4v) is 2.30. The van der Waals surface area contributed by atoms with Gasteiger partial charge in [0.1, 0.15) is 6.10 Å². The zero-order chi connectivity index (χ0) is 19.7. The molecule has 1 saturated heterocycles. The lowest BCUT2D eigenvalue weighted by molar-refractivity contribution is -0.129. The molecule has 1 fully saturated rings. The third-order valence-corrected chi connectivity index (χ3v) is 3.72. The van der Waals surface area contributed by atoms with Gasteiger partial charge in [0, 0.05) is 17.2 Å². The van der Waals surface area contributed by atoms with Gasteiger partial charge in [-0.15, -0.1) is 6.58 Å². The van der Waals surface area contributed by atoms with Crippen molar-refractivity contribution in [1.29, 1.82) is 0 Å². The Labute approximate surface area is 151 Å². The summed E-state index contributed by atoms with van der Waals surface area (Å²) in [5.74, 6) is -7.99. The lowest BCUT2D eigenvalue weighted by atomic mass is 10.0. The molecule has 2 atom stereocenters. The molecule has 2 unspecified atom stereocenters. The number of ether oxygens (including phenoxy) is 3. The van der Waals surface area contributed by atoms with E-state index in [4.69, 9.17) is 9.47 Å². The van der Waals surface area contributed by atoms with Gasteiger partial charge in [0.15, 0.2) is 23.1 Å². The van der Waals surface area contributed by atoms with Gasteiger partial charge in [-0.2, -0.15) is 8.78 Å². The summed E-state index contributed by atoms with van der Waals surface area (Å²) in [5, 5.41) is 0. The van der Waals surface area contributed by atoms with Crippen molar-refractivity contribution in [2.24, 2.45) is 0 Å². The topological polar surface area (TPSA) is 48.1 Å². The van der Waals surface area contributed by atoms with Crippen LogP contribution in [-0.2, 0) is 9.53 Å². The second-order valence-corrected chi connectivity index (χ2v) is 5.43. The van der Waals surface area contributed by atoms with Crippen LogP contribution in [0.4, 0.5) is 17.6 Å². The predicted molar refractivity (Wildman–Crippen MR) is 87.0 cm³/mol. The minimum Gasteiger partial charge on any atom is -0.459 e. The second kappa shape index (κ2) is 7.24. The molecular formula is C19H12F4O4. The molecule has 4 nitrogen and oxygen atoms in total. The number of benzene rings is 2. The maximum atomic E-state index is 14.4. The first kappa shape index (κ1) is 18.7. The van der Waals surface area contributed by atoms with Gasteiger partial charge in [-0.3, -0.25) is 0 Å². The Morgan fingerprint density at radius 2 is 1.48 bits per heavy atom. The van der Waals surface area contributed by atoms with Crippen molar-refractivity contribution in [3.8, 4) is 22.6 Å². The average molecular weight is 380 g/mol. The lowest BCUT2D eigenvalue weighted by Crippen LogP contribution is -2.07. The molecule has 27 heavy (non-hydrogen) atoms. The third kappa shape index (κ3) is 3.56. The summed E-state index contributed by atoms with van der Waals surface area (Å²) in [7, 11) is 0. The number of rotatable bonds is 6. The van der Waals surface area contributed by atoms with Crippen LogP contribution in [0.5, 0.6) is 11.5 Å². The summed E-state index contributed by atoms with van der Waals surface area (Å²) in [5.41, 5.74) is -1.09. The quantitative estimate of drug-likeness (QED) is 0.187. The van der Waals surface area contributed by atoms with Gasteiger partial charge in [-0.1, -0.05) is 12.7 Å². The minimum atomic E-state index is -1.52. The van der Waals surface area contributed by atoms with E-state index in [2.05, 4.69) is 17.9 Å². The molecule has 1 heterocycles. The van der Waals surface area contributed by atoms with Crippen molar-refractivity contribution in [3.63, 3.8) is 0 Å². The Hall–Kier alpha value is -3.13. The van der Waals surface area contributed by atoms with Crippen LogP contribution in [0.2, 0.25) is 0 Å². The Morgan fingerprint density at radius 3 is 2.00 bits per heavy atom. The smallest absolute Gasteiger partial charge is 0.335 e. The Morgan fingerprint density at radius 1 is 0.926 bits per heavy atom. The molecule has 0 radical (unpaired) electrons. The molecule has 0 aromatic heterocycles. The molecule has 2 aromatic carbocycles. The van der Waals surface area contributed by atoms with E-state index in [1.165, 1.54) is 6.08 Å². The van der Waals surface area contributed by atoms with Gasteiger partial charge in [-0.05, 0) is 24.3 Å². The Balaban J connectivity index is 1.93. The number of hydrogen-bond donors (Lipinski definition) is 0. The molecule has 0 spiro atoms. The van der Waals surface area contributed by atoms with Crippen LogP contribution in [0.25, 0.3) is 11.1 Å². The second-order valence-electron chi connectivity index (χ2n) is 5.43. The monoisotopic (exact) mass is 380 g/mol. The van der Waals surface area contributed by atoms with Crippen LogP contribution in [0.1, 0.15) is 0 Å². The SMILES string of the molecule is C=CC(=O)Oc1ccc(-c2ccc(OC3OC3C=C)c(F)c2F)c(F)c1F. The number of epoxide rings is 1. The number of hydrogen-bond acceptors (Lipinski definition) is 4. The summed E-state index contributed by atoms with van der Waals surface area (Å²) in [6, 6.07) is 3.98. The van der Waals surface area contributed by atoms with Gasteiger partial charge in [0.25, 0.3) is 0 Å². The highest BCUT2D eigenvalue weighted by atomic mass is 19.2. The highest BCUT2D eigenvalue weighted by molar-refractivity contribution is 5.83. The van der Waals surface area contributed by atoms with Crippen molar-refractivity contribution in [2.75, 3.05) is 0 Å². The van der Waals surface area contributed by atoms with E-state index >= 15 is 0 Å². The van der Waals surface area contributed by atoms with Crippen molar-refractivity contribution >= 4 is 5.97 Å². The van der Waals surface area contributed by atoms with Crippen LogP contribution in [0.15, 0.2) is 49.6 Å². The molecule has 1 aliphatic heterocycles. The van der Waals surface area contributed by atoms with E-state index in [-0.39, 0.29) is 0 Å². The normalized spacial score (nSPS) is 17.9. The summed E-state index contributed by atoms with van der Waals surface area (Å²) >= 11 is 0. The zero-order valence-corrected chi connectivity index (χ0v) is 13.7. The standard InChI is InChI=1S/C19H12F4O4/c1-3-11-19(26-11)27-13-8-6-10(16(21)18(13)23)9-5-7-12(17(22)15(9)20)25-14(24)4-2/h3-8,11,19H,1-2H2.